The Balaban J connectivity index is 1.29. The Morgan fingerprint density at radius 2 is 1.65 bits per heavy atom. The number of benzene rings is 4. The number of amides is 1. The van der Waals surface area contributed by atoms with E-state index in [0.29, 0.717) is 11.6 Å². The van der Waals surface area contributed by atoms with E-state index in [2.05, 4.69) is 34.8 Å². The molecule has 0 aromatic heterocycles. The maximum Gasteiger partial charge on any atom is 0.244 e. The van der Waals surface area contributed by atoms with Crippen molar-refractivity contribution in [1.29, 1.82) is 0 Å². The number of rotatable bonds is 7. The van der Waals surface area contributed by atoms with Crippen LogP contribution in [0.25, 0.3) is 10.8 Å². The van der Waals surface area contributed by atoms with Crippen molar-refractivity contribution in [1.82, 2.24) is 5.43 Å². The lowest BCUT2D eigenvalue weighted by molar-refractivity contribution is -0.120. The fraction of sp³-hybridized carbons (Fsp3) is 0.0769. The van der Waals surface area contributed by atoms with Crippen LogP contribution in [-0.2, 0) is 17.8 Å². The molecule has 4 aromatic rings. The Labute approximate surface area is 186 Å². The van der Waals surface area contributed by atoms with E-state index in [1.807, 2.05) is 54.6 Å². The molecule has 0 saturated carbocycles. The van der Waals surface area contributed by atoms with E-state index in [-0.39, 0.29) is 12.3 Å². The zero-order chi connectivity index (χ0) is 21.5. The molecule has 0 spiro atoms. The predicted octanol–water partition coefficient (Wildman–Crippen LogP) is 5.77. The van der Waals surface area contributed by atoms with Gasteiger partial charge in [-0.25, -0.2) is 5.43 Å². The van der Waals surface area contributed by atoms with E-state index in [9.17, 15) is 4.79 Å². The fourth-order valence-corrected chi connectivity index (χ4v) is 3.36. The Kier molecular flexibility index (Phi) is 6.60. The molecular formula is C26H21ClN2O2. The third-order valence-electron chi connectivity index (χ3n) is 4.84. The highest BCUT2D eigenvalue weighted by molar-refractivity contribution is 6.30. The normalized spacial score (nSPS) is 11.0. The number of halogens is 1. The van der Waals surface area contributed by atoms with Gasteiger partial charge in [0, 0.05) is 5.02 Å². The van der Waals surface area contributed by atoms with E-state index in [4.69, 9.17) is 16.3 Å². The van der Waals surface area contributed by atoms with Gasteiger partial charge < -0.3 is 4.74 Å². The number of nitrogens with one attached hydrogen (secondary N) is 1. The number of hydrazone groups is 1. The van der Waals surface area contributed by atoms with Crippen LogP contribution in [0.3, 0.4) is 0 Å². The average molecular weight is 429 g/mol. The van der Waals surface area contributed by atoms with Crippen LogP contribution in [0.1, 0.15) is 16.7 Å². The van der Waals surface area contributed by atoms with Crippen LogP contribution >= 0.6 is 11.6 Å². The van der Waals surface area contributed by atoms with Crippen molar-refractivity contribution in [2.75, 3.05) is 0 Å². The van der Waals surface area contributed by atoms with E-state index in [0.717, 1.165) is 22.4 Å². The maximum absolute atomic E-state index is 12.0. The molecular weight excluding hydrogens is 408 g/mol. The summed E-state index contributed by atoms with van der Waals surface area (Å²) in [5, 5.41) is 7.07. The molecule has 31 heavy (non-hydrogen) atoms. The molecule has 0 saturated heterocycles. The minimum Gasteiger partial charge on any atom is -0.489 e. The third kappa shape index (κ3) is 5.71. The molecule has 0 heterocycles. The first-order chi connectivity index (χ1) is 15.2. The lowest BCUT2D eigenvalue weighted by atomic mass is 10.1. The Bertz CT molecular complexity index is 1200. The van der Waals surface area contributed by atoms with Crippen LogP contribution in [0.4, 0.5) is 0 Å². The minimum atomic E-state index is -0.186. The topological polar surface area (TPSA) is 50.7 Å². The van der Waals surface area contributed by atoms with Crippen LogP contribution in [0, 0.1) is 0 Å². The highest BCUT2D eigenvalue weighted by Crippen LogP contribution is 2.21. The first-order valence-corrected chi connectivity index (χ1v) is 10.3. The van der Waals surface area contributed by atoms with Gasteiger partial charge in [-0.05, 0) is 63.9 Å². The van der Waals surface area contributed by atoms with Gasteiger partial charge in [-0.2, -0.15) is 5.10 Å². The van der Waals surface area contributed by atoms with Crippen LogP contribution in [0.15, 0.2) is 96.1 Å². The van der Waals surface area contributed by atoms with Crippen molar-refractivity contribution in [2.24, 2.45) is 5.10 Å². The second-order valence-corrected chi connectivity index (χ2v) is 7.53. The van der Waals surface area contributed by atoms with Gasteiger partial charge in [-0.3, -0.25) is 4.79 Å². The van der Waals surface area contributed by atoms with E-state index >= 15 is 0 Å². The number of fused-ring (bicyclic) bond motifs is 1. The second kappa shape index (κ2) is 9.92. The quantitative estimate of drug-likeness (QED) is 0.300. The minimum absolute atomic E-state index is 0.186. The zero-order valence-electron chi connectivity index (χ0n) is 16.8. The number of carbonyl (C=O) groups excluding carboxylic acids is 1. The molecule has 154 valence electrons. The summed E-state index contributed by atoms with van der Waals surface area (Å²) in [6.07, 6.45) is 1.85. The maximum atomic E-state index is 12.0. The summed E-state index contributed by atoms with van der Waals surface area (Å²) in [6.45, 7) is 0.496. The molecule has 1 N–H and O–H groups in total. The Hall–Kier alpha value is -3.63. The van der Waals surface area contributed by atoms with E-state index in [1.165, 1.54) is 10.8 Å². The van der Waals surface area contributed by atoms with Crippen LogP contribution < -0.4 is 10.2 Å². The number of hydrogen-bond acceptors (Lipinski definition) is 3. The average Bonchev–Trinajstić information content (AvgIpc) is 2.80. The molecule has 0 radical (unpaired) electrons. The zero-order valence-corrected chi connectivity index (χ0v) is 17.5. The first-order valence-electron chi connectivity index (χ1n) is 9.93. The smallest absolute Gasteiger partial charge is 0.244 e. The Morgan fingerprint density at radius 1 is 0.903 bits per heavy atom. The third-order valence-corrected chi connectivity index (χ3v) is 5.09. The lowest BCUT2D eigenvalue weighted by Crippen LogP contribution is -2.19. The van der Waals surface area contributed by atoms with Crippen molar-refractivity contribution in [2.45, 2.75) is 13.0 Å². The summed E-state index contributed by atoms with van der Waals surface area (Å²) in [6, 6.07) is 29.2. The van der Waals surface area contributed by atoms with E-state index in [1.54, 1.807) is 18.3 Å². The van der Waals surface area contributed by atoms with Crippen molar-refractivity contribution >= 4 is 34.5 Å². The van der Waals surface area contributed by atoms with Crippen LogP contribution in [-0.4, -0.2) is 12.1 Å². The predicted molar refractivity (Wildman–Crippen MR) is 126 cm³/mol. The largest absolute Gasteiger partial charge is 0.489 e. The highest BCUT2D eigenvalue weighted by Gasteiger charge is 2.03. The summed E-state index contributed by atoms with van der Waals surface area (Å²) < 4.78 is 5.95. The van der Waals surface area contributed by atoms with Crippen LogP contribution in [0.2, 0.25) is 5.02 Å². The molecule has 0 unspecified atom stereocenters. The standard InChI is InChI=1S/C26H21ClN2O2/c27-23-12-8-19(9-13-23)16-26(30)29-28-17-20-10-14-24(15-11-20)31-18-22-6-3-5-21-4-1-2-7-25(21)22/h1-15,17H,16,18H2,(H,29,30)/b28-17-. The molecule has 5 heteroatoms. The van der Waals surface area contributed by atoms with Gasteiger partial charge in [0.1, 0.15) is 12.4 Å². The number of nitrogens with zero attached hydrogens (tertiary/aromatic N) is 1. The summed E-state index contributed by atoms with van der Waals surface area (Å²) in [5.41, 5.74) is 5.43. The first kappa shape index (κ1) is 20.6. The number of ether oxygens (including phenoxy) is 1. The fourth-order valence-electron chi connectivity index (χ4n) is 3.24. The van der Waals surface area contributed by atoms with Gasteiger partial charge >= 0.3 is 0 Å². The van der Waals surface area contributed by atoms with Gasteiger partial charge in [-0.1, -0.05) is 66.2 Å². The number of carbonyl (C=O) groups is 1. The Morgan fingerprint density at radius 3 is 2.45 bits per heavy atom. The van der Waals surface area contributed by atoms with Crippen molar-refractivity contribution < 1.29 is 9.53 Å². The summed E-state index contributed by atoms with van der Waals surface area (Å²) in [7, 11) is 0. The van der Waals surface area contributed by atoms with Gasteiger partial charge in [0.15, 0.2) is 0 Å². The van der Waals surface area contributed by atoms with Gasteiger partial charge in [0.25, 0.3) is 0 Å². The lowest BCUT2D eigenvalue weighted by Gasteiger charge is -2.09. The van der Waals surface area contributed by atoms with Crippen molar-refractivity contribution in [3.8, 4) is 5.75 Å². The van der Waals surface area contributed by atoms with Gasteiger partial charge in [0.2, 0.25) is 5.91 Å². The molecule has 0 aliphatic rings. The molecule has 4 rings (SSSR count). The van der Waals surface area contributed by atoms with Crippen molar-refractivity contribution in [3.05, 3.63) is 113 Å². The molecule has 0 atom stereocenters. The van der Waals surface area contributed by atoms with Gasteiger partial charge in [-0.15, -0.1) is 0 Å². The van der Waals surface area contributed by atoms with Crippen molar-refractivity contribution in [3.63, 3.8) is 0 Å². The monoisotopic (exact) mass is 428 g/mol. The van der Waals surface area contributed by atoms with Gasteiger partial charge in [0.05, 0.1) is 12.6 Å². The highest BCUT2D eigenvalue weighted by atomic mass is 35.5. The van der Waals surface area contributed by atoms with Crippen LogP contribution in [0.5, 0.6) is 5.75 Å². The summed E-state index contributed by atoms with van der Waals surface area (Å²) in [4.78, 5) is 12.0. The SMILES string of the molecule is O=C(Cc1ccc(Cl)cc1)N/N=C\c1ccc(OCc2cccc3ccccc23)cc1. The summed E-state index contributed by atoms with van der Waals surface area (Å²) >= 11 is 5.85. The molecule has 0 bridgehead atoms. The molecule has 4 nitrogen and oxygen atoms in total. The second-order valence-electron chi connectivity index (χ2n) is 7.09. The summed E-state index contributed by atoms with van der Waals surface area (Å²) in [5.74, 6) is 0.588. The molecule has 1 amide bonds. The molecule has 0 aliphatic heterocycles. The van der Waals surface area contributed by atoms with E-state index < -0.39 is 0 Å². The number of hydrogen-bond donors (Lipinski definition) is 1. The molecule has 0 aliphatic carbocycles. The molecule has 4 aromatic carbocycles. The molecule has 0 fully saturated rings.